The lowest BCUT2D eigenvalue weighted by molar-refractivity contribution is -0.141. The summed E-state index contributed by atoms with van der Waals surface area (Å²) >= 11 is 0. The van der Waals surface area contributed by atoms with Crippen LogP contribution in [0.2, 0.25) is 0 Å². The first kappa shape index (κ1) is 13.2. The van der Waals surface area contributed by atoms with Gasteiger partial charge in [0.2, 0.25) is 5.91 Å². The number of aliphatic carboxylic acids is 1. The summed E-state index contributed by atoms with van der Waals surface area (Å²) in [5, 5.41) is 15.0. The lowest BCUT2D eigenvalue weighted by Gasteiger charge is -2.11. The van der Waals surface area contributed by atoms with Gasteiger partial charge in [0.1, 0.15) is 11.8 Å². The van der Waals surface area contributed by atoms with E-state index in [0.717, 1.165) is 0 Å². The number of carbonyl (C=O) groups excluding carboxylic acids is 1. The number of aryl methyl sites for hydroxylation is 2. The summed E-state index contributed by atoms with van der Waals surface area (Å²) in [6.07, 6.45) is 0.438. The second-order valence-electron chi connectivity index (χ2n) is 3.85. The molecule has 0 aliphatic rings. The molecule has 1 amide bonds. The number of hydrogen-bond acceptors (Lipinski definition) is 4. The zero-order valence-corrected chi connectivity index (χ0v) is 10.1. The molecule has 1 aromatic rings. The Morgan fingerprint density at radius 2 is 2.12 bits per heavy atom. The van der Waals surface area contributed by atoms with Crippen LogP contribution in [0.4, 0.5) is 0 Å². The number of nitrogens with zero attached hydrogens (tertiary/aromatic N) is 1. The molecule has 0 radical (unpaired) electrons. The second-order valence-corrected chi connectivity index (χ2v) is 3.85. The van der Waals surface area contributed by atoms with E-state index in [1.807, 2.05) is 0 Å². The van der Waals surface area contributed by atoms with Gasteiger partial charge in [-0.2, -0.15) is 0 Å². The highest BCUT2D eigenvalue weighted by Gasteiger charge is 2.19. The Kier molecular flexibility index (Phi) is 4.25. The number of rotatable bonds is 5. The second kappa shape index (κ2) is 5.47. The molecule has 0 saturated heterocycles. The van der Waals surface area contributed by atoms with Crippen molar-refractivity contribution in [3.63, 3.8) is 0 Å². The topological polar surface area (TPSA) is 92.4 Å². The quantitative estimate of drug-likeness (QED) is 0.794. The summed E-state index contributed by atoms with van der Waals surface area (Å²) in [6, 6.07) is -0.844. The molecule has 1 atom stereocenters. The van der Waals surface area contributed by atoms with E-state index in [0.29, 0.717) is 23.4 Å². The molecule has 0 bridgehead atoms. The number of carboxylic acids is 1. The van der Waals surface area contributed by atoms with Crippen LogP contribution in [0.3, 0.4) is 0 Å². The maximum Gasteiger partial charge on any atom is 0.326 e. The van der Waals surface area contributed by atoms with Gasteiger partial charge in [-0.25, -0.2) is 4.79 Å². The van der Waals surface area contributed by atoms with Crippen molar-refractivity contribution < 1.29 is 19.2 Å². The maximum atomic E-state index is 11.6. The molecule has 94 valence electrons. The first-order valence-electron chi connectivity index (χ1n) is 5.39. The summed E-state index contributed by atoms with van der Waals surface area (Å²) in [4.78, 5) is 22.4. The Hall–Kier alpha value is -1.85. The number of aromatic nitrogens is 1. The molecule has 6 heteroatoms. The average molecular weight is 240 g/mol. The Bertz CT molecular complexity index is 406. The van der Waals surface area contributed by atoms with Gasteiger partial charge < -0.3 is 14.9 Å². The van der Waals surface area contributed by atoms with Gasteiger partial charge in [-0.3, -0.25) is 4.79 Å². The number of hydrogen-bond donors (Lipinski definition) is 2. The monoisotopic (exact) mass is 240 g/mol. The molecule has 0 aromatic carbocycles. The Morgan fingerprint density at radius 3 is 2.53 bits per heavy atom. The fraction of sp³-hybridized carbons (Fsp3) is 0.545. The highest BCUT2D eigenvalue weighted by molar-refractivity contribution is 5.85. The van der Waals surface area contributed by atoms with Crippen LogP contribution in [0.15, 0.2) is 4.52 Å². The molecule has 1 unspecified atom stereocenters. The minimum absolute atomic E-state index is 0.0882. The van der Waals surface area contributed by atoms with Gasteiger partial charge in [0.05, 0.1) is 12.1 Å². The standard InChI is InChI=1S/C11H16N2O4/c1-4-9(11(15)16)12-10(14)5-8-6(2)13-17-7(8)3/h9H,4-5H2,1-3H3,(H,12,14)(H,15,16). The smallest absolute Gasteiger partial charge is 0.326 e. The zero-order chi connectivity index (χ0) is 13.0. The number of carbonyl (C=O) groups is 2. The van der Waals surface area contributed by atoms with Crippen molar-refractivity contribution in [2.75, 3.05) is 0 Å². The van der Waals surface area contributed by atoms with E-state index in [4.69, 9.17) is 9.63 Å². The van der Waals surface area contributed by atoms with Gasteiger partial charge in [-0.05, 0) is 20.3 Å². The lowest BCUT2D eigenvalue weighted by atomic mass is 10.1. The molecule has 0 saturated carbocycles. The lowest BCUT2D eigenvalue weighted by Crippen LogP contribution is -2.41. The van der Waals surface area contributed by atoms with Crippen LogP contribution in [0.1, 0.15) is 30.4 Å². The summed E-state index contributed by atoms with van der Waals surface area (Å²) in [5.41, 5.74) is 1.36. The fourth-order valence-corrected chi connectivity index (χ4v) is 1.50. The highest BCUT2D eigenvalue weighted by Crippen LogP contribution is 2.12. The summed E-state index contributed by atoms with van der Waals surface area (Å²) in [6.45, 7) is 5.17. The van der Waals surface area contributed by atoms with Crippen LogP contribution in [0, 0.1) is 13.8 Å². The van der Waals surface area contributed by atoms with Gasteiger partial charge in [-0.15, -0.1) is 0 Å². The van der Waals surface area contributed by atoms with E-state index in [1.165, 1.54) is 0 Å². The van der Waals surface area contributed by atoms with Crippen LogP contribution in [-0.2, 0) is 16.0 Å². The largest absolute Gasteiger partial charge is 0.480 e. The molecule has 0 aliphatic carbocycles. The normalized spacial score (nSPS) is 12.2. The van der Waals surface area contributed by atoms with Gasteiger partial charge in [0, 0.05) is 5.56 Å². The molecule has 1 rings (SSSR count). The molecular formula is C11H16N2O4. The maximum absolute atomic E-state index is 11.6. The van der Waals surface area contributed by atoms with E-state index in [1.54, 1.807) is 20.8 Å². The molecule has 2 N–H and O–H groups in total. The van der Waals surface area contributed by atoms with E-state index < -0.39 is 12.0 Å². The van der Waals surface area contributed by atoms with Crippen molar-refractivity contribution in [1.82, 2.24) is 10.5 Å². The predicted molar refractivity (Wildman–Crippen MR) is 59.5 cm³/mol. The third-order valence-corrected chi connectivity index (χ3v) is 2.56. The van der Waals surface area contributed by atoms with Crippen LogP contribution < -0.4 is 5.32 Å². The minimum atomic E-state index is -1.03. The minimum Gasteiger partial charge on any atom is -0.480 e. The third kappa shape index (κ3) is 3.30. The molecule has 6 nitrogen and oxygen atoms in total. The molecule has 17 heavy (non-hydrogen) atoms. The van der Waals surface area contributed by atoms with Crippen molar-refractivity contribution >= 4 is 11.9 Å². The van der Waals surface area contributed by atoms with E-state index in [2.05, 4.69) is 10.5 Å². The molecular weight excluding hydrogens is 224 g/mol. The van der Waals surface area contributed by atoms with Crippen molar-refractivity contribution in [2.45, 2.75) is 39.7 Å². The zero-order valence-electron chi connectivity index (χ0n) is 10.1. The first-order valence-corrected chi connectivity index (χ1v) is 5.39. The van der Waals surface area contributed by atoms with Crippen molar-refractivity contribution in [3.8, 4) is 0 Å². The van der Waals surface area contributed by atoms with E-state index in [9.17, 15) is 9.59 Å². The number of carboxylic acid groups (broad SMARTS) is 1. The average Bonchev–Trinajstić information content (AvgIpc) is 2.57. The Labute approximate surface area is 99.0 Å². The van der Waals surface area contributed by atoms with Crippen molar-refractivity contribution in [1.29, 1.82) is 0 Å². The molecule has 0 aliphatic heterocycles. The van der Waals surface area contributed by atoms with Crippen molar-refractivity contribution in [3.05, 3.63) is 17.0 Å². The van der Waals surface area contributed by atoms with Crippen LogP contribution >= 0.6 is 0 Å². The highest BCUT2D eigenvalue weighted by atomic mass is 16.5. The van der Waals surface area contributed by atoms with Crippen LogP contribution in [0.25, 0.3) is 0 Å². The van der Waals surface area contributed by atoms with E-state index in [-0.39, 0.29) is 12.3 Å². The van der Waals surface area contributed by atoms with Crippen LogP contribution in [-0.4, -0.2) is 28.2 Å². The van der Waals surface area contributed by atoms with Gasteiger partial charge >= 0.3 is 5.97 Å². The summed E-state index contributed by atoms with van der Waals surface area (Å²) < 4.78 is 4.93. The fourth-order valence-electron chi connectivity index (χ4n) is 1.50. The van der Waals surface area contributed by atoms with Crippen molar-refractivity contribution in [2.24, 2.45) is 0 Å². The number of nitrogens with one attached hydrogen (secondary N) is 1. The summed E-state index contributed by atoms with van der Waals surface area (Å²) in [5.74, 6) is -0.783. The molecule has 1 aromatic heterocycles. The third-order valence-electron chi connectivity index (χ3n) is 2.56. The van der Waals surface area contributed by atoms with Gasteiger partial charge in [-0.1, -0.05) is 12.1 Å². The predicted octanol–water partition coefficient (Wildman–Crippen LogP) is 0.813. The van der Waals surface area contributed by atoms with E-state index >= 15 is 0 Å². The number of amides is 1. The van der Waals surface area contributed by atoms with Gasteiger partial charge in [0.25, 0.3) is 0 Å². The molecule has 0 fully saturated rings. The SMILES string of the molecule is CCC(NC(=O)Cc1c(C)noc1C)C(=O)O. The molecule has 1 heterocycles. The van der Waals surface area contributed by atoms with Crippen LogP contribution in [0.5, 0.6) is 0 Å². The first-order chi connectivity index (χ1) is 7.95. The van der Waals surface area contributed by atoms with Gasteiger partial charge in [0.15, 0.2) is 0 Å². The Morgan fingerprint density at radius 1 is 1.47 bits per heavy atom. The molecule has 0 spiro atoms. The summed E-state index contributed by atoms with van der Waals surface area (Å²) in [7, 11) is 0. The Balaban J connectivity index is 2.64.